The van der Waals surface area contributed by atoms with Crippen molar-refractivity contribution in [3.8, 4) is 0 Å². The summed E-state index contributed by atoms with van der Waals surface area (Å²) in [5.74, 6) is 0. The molecule has 0 saturated carbocycles. The molecule has 0 radical (unpaired) electrons. The highest BCUT2D eigenvalue weighted by molar-refractivity contribution is 6.03. The van der Waals surface area contributed by atoms with Crippen LogP contribution in [0.15, 0.2) is 84.6 Å². The monoisotopic (exact) mass is 499 g/mol. The van der Waals surface area contributed by atoms with Gasteiger partial charge in [-0.25, -0.2) is 0 Å². The lowest BCUT2D eigenvalue weighted by Gasteiger charge is -2.27. The molecule has 37 heavy (non-hydrogen) atoms. The van der Waals surface area contributed by atoms with Crippen LogP contribution in [0.4, 0.5) is 11.4 Å². The smallest absolute Gasteiger partial charge is 0.209 e. The van der Waals surface area contributed by atoms with E-state index in [1.54, 1.807) is 14.2 Å². The third kappa shape index (κ3) is 5.37. The van der Waals surface area contributed by atoms with Crippen molar-refractivity contribution in [3.63, 3.8) is 0 Å². The molecular formula is C33H43N2O2+. The van der Waals surface area contributed by atoms with E-state index < -0.39 is 0 Å². The maximum Gasteiger partial charge on any atom is 0.209 e. The van der Waals surface area contributed by atoms with Gasteiger partial charge in [0.2, 0.25) is 5.69 Å². The maximum absolute atomic E-state index is 5.34. The van der Waals surface area contributed by atoms with Crippen molar-refractivity contribution in [3.05, 3.63) is 95.7 Å². The molecule has 0 aromatic heterocycles. The minimum atomic E-state index is -0.0420. The van der Waals surface area contributed by atoms with E-state index in [1.165, 1.54) is 33.9 Å². The molecule has 2 aromatic rings. The van der Waals surface area contributed by atoms with Gasteiger partial charge in [-0.05, 0) is 38.0 Å². The lowest BCUT2D eigenvalue weighted by atomic mass is 9.81. The zero-order valence-corrected chi connectivity index (χ0v) is 23.5. The SMILES string of the molecule is COCCCN1C(=CC=CC=CC2=[N+](CCCOC)c3ccccc3C2(C)C)C(C)(C)c2ccccc21. The van der Waals surface area contributed by atoms with E-state index in [0.717, 1.165) is 39.1 Å². The Hall–Kier alpha value is -2.95. The molecule has 2 aliphatic heterocycles. The van der Waals surface area contributed by atoms with Crippen molar-refractivity contribution in [2.24, 2.45) is 0 Å². The fourth-order valence-electron chi connectivity index (χ4n) is 5.86. The summed E-state index contributed by atoms with van der Waals surface area (Å²) in [6, 6.07) is 17.6. The number of para-hydroxylation sites is 2. The van der Waals surface area contributed by atoms with Crippen LogP contribution in [0, 0.1) is 0 Å². The molecule has 0 bridgehead atoms. The van der Waals surface area contributed by atoms with Gasteiger partial charge in [-0.15, -0.1) is 0 Å². The lowest BCUT2D eigenvalue weighted by molar-refractivity contribution is -0.438. The number of fused-ring (bicyclic) bond motifs is 2. The number of ether oxygens (including phenoxy) is 2. The Morgan fingerprint density at radius 1 is 0.784 bits per heavy atom. The van der Waals surface area contributed by atoms with Crippen molar-refractivity contribution in [1.29, 1.82) is 0 Å². The topological polar surface area (TPSA) is 24.7 Å². The van der Waals surface area contributed by atoms with Crippen LogP contribution >= 0.6 is 0 Å². The zero-order valence-electron chi connectivity index (χ0n) is 23.5. The summed E-state index contributed by atoms with van der Waals surface area (Å²) < 4.78 is 13.1. The van der Waals surface area contributed by atoms with Gasteiger partial charge in [0.15, 0.2) is 12.3 Å². The number of nitrogens with zero attached hydrogens (tertiary/aromatic N) is 2. The van der Waals surface area contributed by atoms with Crippen LogP contribution in [-0.4, -0.2) is 50.8 Å². The summed E-state index contributed by atoms with van der Waals surface area (Å²) in [5, 5.41) is 0. The summed E-state index contributed by atoms with van der Waals surface area (Å²) in [7, 11) is 3.54. The van der Waals surface area contributed by atoms with Crippen LogP contribution in [0.1, 0.15) is 51.7 Å². The Balaban J connectivity index is 1.59. The quantitative estimate of drug-likeness (QED) is 0.190. The Bertz CT molecular complexity index is 1220. The molecule has 4 rings (SSSR count). The molecule has 196 valence electrons. The number of benzene rings is 2. The minimum absolute atomic E-state index is 0.0420. The second kappa shape index (κ2) is 11.6. The predicted molar refractivity (Wildman–Crippen MR) is 155 cm³/mol. The van der Waals surface area contributed by atoms with Gasteiger partial charge in [0.05, 0.1) is 12.0 Å². The Labute approximate surface area is 223 Å². The number of methoxy groups -OCH3 is 2. The Kier molecular flexibility index (Phi) is 8.51. The van der Waals surface area contributed by atoms with Gasteiger partial charge in [0.25, 0.3) is 0 Å². The molecule has 2 aliphatic rings. The number of allylic oxidation sites excluding steroid dienone is 6. The van der Waals surface area contributed by atoms with Gasteiger partial charge in [-0.1, -0.05) is 68.5 Å². The number of hydrogen-bond acceptors (Lipinski definition) is 3. The van der Waals surface area contributed by atoms with Crippen LogP contribution in [0.3, 0.4) is 0 Å². The third-order valence-corrected chi connectivity index (χ3v) is 7.79. The first-order valence-corrected chi connectivity index (χ1v) is 13.5. The highest BCUT2D eigenvalue weighted by atomic mass is 16.5. The molecule has 0 amide bonds. The molecule has 0 unspecified atom stereocenters. The van der Waals surface area contributed by atoms with Crippen LogP contribution in [-0.2, 0) is 20.3 Å². The normalized spacial score (nSPS) is 19.0. The van der Waals surface area contributed by atoms with E-state index in [2.05, 4.69) is 116 Å². The van der Waals surface area contributed by atoms with Gasteiger partial charge in [0, 0.05) is 68.3 Å². The molecule has 0 N–H and O–H groups in total. The number of rotatable bonds is 11. The van der Waals surface area contributed by atoms with E-state index in [9.17, 15) is 0 Å². The van der Waals surface area contributed by atoms with E-state index in [1.807, 2.05) is 0 Å². The Morgan fingerprint density at radius 3 is 2.22 bits per heavy atom. The predicted octanol–water partition coefficient (Wildman–Crippen LogP) is 6.93. The second-order valence-electron chi connectivity index (χ2n) is 11.0. The maximum atomic E-state index is 5.34. The fraction of sp³-hybridized carbons (Fsp3) is 0.424. The standard InChI is InChI=1S/C33H43N2O2/c1-32(2)26-16-10-12-18-28(26)34(22-14-24-36-5)30(32)20-8-7-9-21-31-33(3,4)27-17-11-13-19-29(27)35(31)23-15-25-37-6/h7-13,16-21H,14-15,22-25H2,1-6H3/q+1. The van der Waals surface area contributed by atoms with Gasteiger partial charge >= 0.3 is 0 Å². The minimum Gasteiger partial charge on any atom is -0.385 e. The van der Waals surface area contributed by atoms with Crippen molar-refractivity contribution < 1.29 is 14.0 Å². The highest BCUT2D eigenvalue weighted by Crippen LogP contribution is 2.47. The van der Waals surface area contributed by atoms with E-state index >= 15 is 0 Å². The molecular weight excluding hydrogens is 456 g/mol. The Morgan fingerprint density at radius 2 is 1.46 bits per heavy atom. The number of anilines is 1. The molecule has 0 saturated heterocycles. The first kappa shape index (κ1) is 27.1. The molecule has 2 heterocycles. The van der Waals surface area contributed by atoms with Crippen molar-refractivity contribution in [2.75, 3.05) is 45.4 Å². The van der Waals surface area contributed by atoms with Gasteiger partial charge in [0.1, 0.15) is 0 Å². The van der Waals surface area contributed by atoms with E-state index in [-0.39, 0.29) is 10.8 Å². The molecule has 4 heteroatoms. The van der Waals surface area contributed by atoms with Gasteiger partial charge in [-0.3, -0.25) is 0 Å². The van der Waals surface area contributed by atoms with Crippen LogP contribution in [0.2, 0.25) is 0 Å². The summed E-state index contributed by atoms with van der Waals surface area (Å²) >= 11 is 0. The van der Waals surface area contributed by atoms with Crippen molar-refractivity contribution >= 4 is 17.1 Å². The summed E-state index contributed by atoms with van der Waals surface area (Å²) in [4.78, 5) is 2.46. The van der Waals surface area contributed by atoms with Crippen molar-refractivity contribution in [1.82, 2.24) is 0 Å². The molecule has 2 aromatic carbocycles. The average molecular weight is 500 g/mol. The van der Waals surface area contributed by atoms with E-state index in [0.29, 0.717) is 0 Å². The summed E-state index contributed by atoms with van der Waals surface area (Å²) in [6.45, 7) is 12.7. The van der Waals surface area contributed by atoms with Crippen LogP contribution in [0.5, 0.6) is 0 Å². The van der Waals surface area contributed by atoms with Gasteiger partial charge in [-0.2, -0.15) is 4.58 Å². The van der Waals surface area contributed by atoms with Crippen LogP contribution in [0.25, 0.3) is 0 Å². The summed E-state index contributed by atoms with van der Waals surface area (Å²) in [6.07, 6.45) is 13.1. The first-order chi connectivity index (χ1) is 17.8. The summed E-state index contributed by atoms with van der Waals surface area (Å²) in [5.41, 5.74) is 7.97. The number of hydrogen-bond donors (Lipinski definition) is 0. The molecule has 0 aliphatic carbocycles. The van der Waals surface area contributed by atoms with Crippen LogP contribution < -0.4 is 4.90 Å². The zero-order chi connectivity index (χ0) is 26.5. The first-order valence-electron chi connectivity index (χ1n) is 13.5. The molecule has 0 fully saturated rings. The van der Waals surface area contributed by atoms with E-state index in [4.69, 9.17) is 9.47 Å². The largest absolute Gasteiger partial charge is 0.385 e. The van der Waals surface area contributed by atoms with Gasteiger partial charge < -0.3 is 14.4 Å². The molecule has 0 spiro atoms. The molecule has 4 nitrogen and oxygen atoms in total. The fourth-order valence-corrected chi connectivity index (χ4v) is 5.86. The van der Waals surface area contributed by atoms with Crippen molar-refractivity contribution in [2.45, 2.75) is 51.4 Å². The third-order valence-electron chi connectivity index (χ3n) is 7.79. The lowest BCUT2D eigenvalue weighted by Crippen LogP contribution is -2.28. The average Bonchev–Trinajstić information content (AvgIpc) is 3.24. The second-order valence-corrected chi connectivity index (χ2v) is 11.0. The molecule has 0 atom stereocenters. The highest BCUT2D eigenvalue weighted by Gasteiger charge is 2.43.